The molecule has 3 aromatic rings. The lowest BCUT2D eigenvalue weighted by atomic mass is 10.2. The van der Waals surface area contributed by atoms with Gasteiger partial charge in [-0.05, 0) is 30.5 Å². The van der Waals surface area contributed by atoms with E-state index in [4.69, 9.17) is 11.6 Å². The van der Waals surface area contributed by atoms with E-state index in [1.54, 1.807) is 6.20 Å². The number of halogens is 1. The normalized spacial score (nSPS) is 14.7. The largest absolute Gasteiger partial charge is 0.369 e. The van der Waals surface area contributed by atoms with E-state index in [0.717, 1.165) is 48.2 Å². The zero-order valence-electron chi connectivity index (χ0n) is 12.3. The molecule has 0 amide bonds. The van der Waals surface area contributed by atoms with Crippen molar-refractivity contribution in [2.45, 2.75) is 19.4 Å². The monoisotopic (exact) mass is 347 g/mol. The van der Waals surface area contributed by atoms with E-state index < -0.39 is 0 Å². The van der Waals surface area contributed by atoms with Gasteiger partial charge in [-0.1, -0.05) is 17.7 Å². The van der Waals surface area contributed by atoms with Crippen LogP contribution in [0.4, 0.5) is 5.69 Å². The molecule has 3 heterocycles. The second kappa shape index (κ2) is 5.90. The molecule has 0 spiro atoms. The van der Waals surface area contributed by atoms with Crippen LogP contribution in [0.5, 0.6) is 0 Å². The molecule has 1 aliphatic heterocycles. The summed E-state index contributed by atoms with van der Waals surface area (Å²) in [5, 5.41) is 4.54. The van der Waals surface area contributed by atoms with Gasteiger partial charge in [0.1, 0.15) is 16.1 Å². The lowest BCUT2D eigenvalue weighted by molar-refractivity contribution is 0.638. The molecule has 0 N–H and O–H groups in total. The van der Waals surface area contributed by atoms with Gasteiger partial charge >= 0.3 is 0 Å². The van der Waals surface area contributed by atoms with E-state index in [2.05, 4.69) is 18.7 Å². The van der Waals surface area contributed by atoms with E-state index in [1.807, 2.05) is 18.2 Å². The van der Waals surface area contributed by atoms with Crippen LogP contribution in [0.3, 0.4) is 0 Å². The minimum Gasteiger partial charge on any atom is -0.369 e. The highest BCUT2D eigenvalue weighted by Gasteiger charge is 2.18. The third-order valence-corrected chi connectivity index (χ3v) is 4.98. The quantitative estimate of drug-likeness (QED) is 0.728. The van der Waals surface area contributed by atoms with Gasteiger partial charge in [-0.3, -0.25) is 4.79 Å². The third-order valence-electron chi connectivity index (χ3n) is 4.06. The molecule has 0 aliphatic carbocycles. The highest BCUT2D eigenvalue weighted by molar-refractivity contribution is 7.00. The first kappa shape index (κ1) is 14.6. The number of hydrogen-bond donors (Lipinski definition) is 0. The van der Waals surface area contributed by atoms with Crippen molar-refractivity contribution >= 4 is 40.0 Å². The first-order valence-corrected chi connectivity index (χ1v) is 8.55. The van der Waals surface area contributed by atoms with Crippen molar-refractivity contribution in [3.05, 3.63) is 45.3 Å². The SMILES string of the molecule is O=c1c(Cl)c(N2CCCC2)cnn1Cc1ccc2nsnc2c1. The summed E-state index contributed by atoms with van der Waals surface area (Å²) in [4.78, 5) is 14.6. The third kappa shape index (κ3) is 2.70. The predicted octanol–water partition coefficient (Wildman–Crippen LogP) is 2.55. The van der Waals surface area contributed by atoms with E-state index >= 15 is 0 Å². The van der Waals surface area contributed by atoms with E-state index in [1.165, 1.54) is 16.4 Å². The van der Waals surface area contributed by atoms with Crippen molar-refractivity contribution in [2.75, 3.05) is 18.0 Å². The Morgan fingerprint density at radius 2 is 1.96 bits per heavy atom. The average molecular weight is 348 g/mol. The summed E-state index contributed by atoms with van der Waals surface area (Å²) < 4.78 is 9.78. The van der Waals surface area contributed by atoms with E-state index in [0.29, 0.717) is 6.54 Å². The van der Waals surface area contributed by atoms with Crippen molar-refractivity contribution in [3.8, 4) is 0 Å². The fourth-order valence-corrected chi connectivity index (χ4v) is 3.63. The highest BCUT2D eigenvalue weighted by Crippen LogP contribution is 2.24. The average Bonchev–Trinajstić information content (AvgIpc) is 3.23. The maximum Gasteiger partial charge on any atom is 0.287 e. The Morgan fingerprint density at radius 3 is 2.78 bits per heavy atom. The Balaban J connectivity index is 1.66. The summed E-state index contributed by atoms with van der Waals surface area (Å²) in [6, 6.07) is 5.76. The lowest BCUT2D eigenvalue weighted by Gasteiger charge is -2.18. The topological polar surface area (TPSA) is 63.9 Å². The van der Waals surface area contributed by atoms with Crippen molar-refractivity contribution in [3.63, 3.8) is 0 Å². The van der Waals surface area contributed by atoms with Gasteiger partial charge in [0.15, 0.2) is 0 Å². The Labute approximate surface area is 141 Å². The van der Waals surface area contributed by atoms with Gasteiger partial charge in [-0.25, -0.2) is 4.68 Å². The molecular formula is C15H14ClN5OS. The molecule has 4 rings (SSSR count). The van der Waals surface area contributed by atoms with Crippen LogP contribution in [0.1, 0.15) is 18.4 Å². The van der Waals surface area contributed by atoms with Gasteiger partial charge in [-0.2, -0.15) is 13.8 Å². The number of nitrogens with zero attached hydrogens (tertiary/aromatic N) is 5. The van der Waals surface area contributed by atoms with Gasteiger partial charge in [-0.15, -0.1) is 0 Å². The van der Waals surface area contributed by atoms with Crippen LogP contribution in [0.15, 0.2) is 29.2 Å². The first-order chi connectivity index (χ1) is 11.2. The van der Waals surface area contributed by atoms with Gasteiger partial charge < -0.3 is 4.90 Å². The second-order valence-corrected chi connectivity index (χ2v) is 6.49. The Bertz CT molecular complexity index is 916. The Kier molecular flexibility index (Phi) is 3.74. The molecule has 8 heteroatoms. The number of anilines is 1. The molecule has 23 heavy (non-hydrogen) atoms. The number of fused-ring (bicyclic) bond motifs is 1. The summed E-state index contributed by atoms with van der Waals surface area (Å²) >= 11 is 7.47. The molecule has 1 saturated heterocycles. The van der Waals surface area contributed by atoms with E-state index in [-0.39, 0.29) is 10.6 Å². The number of hydrogen-bond acceptors (Lipinski definition) is 6. The zero-order chi connectivity index (χ0) is 15.8. The van der Waals surface area contributed by atoms with Gasteiger partial charge in [0.2, 0.25) is 0 Å². The fraction of sp³-hybridized carbons (Fsp3) is 0.333. The number of benzene rings is 1. The standard InChI is InChI=1S/C15H14ClN5OS/c16-14-13(20-5-1-2-6-20)8-17-21(15(14)22)9-10-3-4-11-12(7-10)19-23-18-11/h3-4,7-8H,1-2,5-6,9H2. The maximum absolute atomic E-state index is 12.5. The Hall–Kier alpha value is -1.99. The van der Waals surface area contributed by atoms with Crippen LogP contribution in [0.25, 0.3) is 11.0 Å². The summed E-state index contributed by atoms with van der Waals surface area (Å²) in [5.74, 6) is 0. The number of rotatable bonds is 3. The van der Waals surface area contributed by atoms with Crippen molar-refractivity contribution in [2.24, 2.45) is 0 Å². The van der Waals surface area contributed by atoms with Gasteiger partial charge in [0, 0.05) is 13.1 Å². The second-order valence-electron chi connectivity index (χ2n) is 5.59. The molecule has 1 aromatic carbocycles. The molecule has 0 atom stereocenters. The van der Waals surface area contributed by atoms with Crippen LogP contribution >= 0.6 is 23.3 Å². The smallest absolute Gasteiger partial charge is 0.287 e. The molecule has 0 radical (unpaired) electrons. The van der Waals surface area contributed by atoms with Crippen LogP contribution in [-0.2, 0) is 6.54 Å². The number of aromatic nitrogens is 4. The molecular weight excluding hydrogens is 334 g/mol. The molecule has 6 nitrogen and oxygen atoms in total. The molecule has 118 valence electrons. The zero-order valence-corrected chi connectivity index (χ0v) is 13.8. The van der Waals surface area contributed by atoms with Gasteiger partial charge in [0.25, 0.3) is 5.56 Å². The summed E-state index contributed by atoms with van der Waals surface area (Å²) in [6.07, 6.45) is 3.94. The van der Waals surface area contributed by atoms with Crippen LogP contribution in [0, 0.1) is 0 Å². The van der Waals surface area contributed by atoms with Crippen LogP contribution in [0.2, 0.25) is 5.02 Å². The minimum atomic E-state index is -0.257. The molecule has 1 aliphatic rings. The van der Waals surface area contributed by atoms with Crippen molar-refractivity contribution < 1.29 is 0 Å². The predicted molar refractivity (Wildman–Crippen MR) is 91.5 cm³/mol. The van der Waals surface area contributed by atoms with Gasteiger partial charge in [0.05, 0.1) is 30.2 Å². The maximum atomic E-state index is 12.5. The van der Waals surface area contributed by atoms with E-state index in [9.17, 15) is 4.79 Å². The summed E-state index contributed by atoms with van der Waals surface area (Å²) in [6.45, 7) is 2.23. The highest BCUT2D eigenvalue weighted by atomic mass is 35.5. The van der Waals surface area contributed by atoms with Crippen LogP contribution < -0.4 is 10.5 Å². The molecule has 0 saturated carbocycles. The molecule has 0 unspecified atom stereocenters. The van der Waals surface area contributed by atoms with Crippen molar-refractivity contribution in [1.82, 2.24) is 18.5 Å². The van der Waals surface area contributed by atoms with Crippen molar-refractivity contribution in [1.29, 1.82) is 0 Å². The first-order valence-electron chi connectivity index (χ1n) is 7.44. The summed E-state index contributed by atoms with van der Waals surface area (Å²) in [7, 11) is 0. The summed E-state index contributed by atoms with van der Waals surface area (Å²) in [5.41, 5.74) is 3.13. The molecule has 1 fully saturated rings. The van der Waals surface area contributed by atoms with Crippen LogP contribution in [-0.4, -0.2) is 31.6 Å². The lowest BCUT2D eigenvalue weighted by Crippen LogP contribution is -2.28. The Morgan fingerprint density at radius 1 is 1.17 bits per heavy atom. The fourth-order valence-electron chi connectivity index (χ4n) is 2.85. The molecule has 0 bridgehead atoms. The minimum absolute atomic E-state index is 0.248. The molecule has 2 aromatic heterocycles.